The molecule has 1 amide bonds. The number of sulfone groups is 1. The molecule has 1 aliphatic heterocycles. The van der Waals surface area contributed by atoms with Gasteiger partial charge in [0.05, 0.1) is 22.8 Å². The van der Waals surface area contributed by atoms with Gasteiger partial charge in [-0.15, -0.1) is 0 Å². The summed E-state index contributed by atoms with van der Waals surface area (Å²) in [5, 5.41) is 8.58. The number of benzene rings is 2. The zero-order valence-corrected chi connectivity index (χ0v) is 23.6. The van der Waals surface area contributed by atoms with Crippen LogP contribution in [0.5, 0.6) is 5.75 Å². The lowest BCUT2D eigenvalue weighted by Crippen LogP contribution is -2.44. The molecule has 38 heavy (non-hydrogen) atoms. The smallest absolute Gasteiger partial charge is 0.276 e. The summed E-state index contributed by atoms with van der Waals surface area (Å²) in [4.78, 5) is 17.1. The van der Waals surface area contributed by atoms with Gasteiger partial charge in [-0.05, 0) is 61.3 Å². The van der Waals surface area contributed by atoms with Crippen molar-refractivity contribution in [2.75, 3.05) is 46.1 Å². The summed E-state index contributed by atoms with van der Waals surface area (Å²) in [7, 11) is -0.0199. The maximum atomic E-state index is 13.9. The van der Waals surface area contributed by atoms with E-state index < -0.39 is 21.0 Å². The Balaban J connectivity index is 1.98. The molecule has 0 radical (unpaired) electrons. The molecule has 0 aromatic heterocycles. The first kappa shape index (κ1) is 29.9. The molecule has 1 fully saturated rings. The van der Waals surface area contributed by atoms with Crippen LogP contribution in [0.1, 0.15) is 60.5 Å². The largest absolute Gasteiger partial charge is 0.497 e. The minimum atomic E-state index is -3.65. The Morgan fingerprint density at radius 1 is 1.08 bits per heavy atom. The molecular weight excluding hydrogens is 504 g/mol. The topological polar surface area (TPSA) is 125 Å². The fourth-order valence-corrected chi connectivity index (χ4v) is 6.72. The van der Waals surface area contributed by atoms with Gasteiger partial charge in [-0.1, -0.05) is 38.7 Å². The van der Waals surface area contributed by atoms with E-state index in [4.69, 9.17) is 10.5 Å². The molecule has 0 aliphatic carbocycles. The van der Waals surface area contributed by atoms with E-state index in [-0.39, 0.29) is 22.6 Å². The number of hydrogen-bond acceptors (Lipinski definition) is 8. The van der Waals surface area contributed by atoms with Crippen LogP contribution in [0, 0.1) is 0 Å². The van der Waals surface area contributed by atoms with Crippen LogP contribution < -0.4 is 16.0 Å². The van der Waals surface area contributed by atoms with E-state index in [9.17, 15) is 18.4 Å². The summed E-state index contributed by atoms with van der Waals surface area (Å²) in [5.74, 6) is -0.0842. The SMILES string of the molecule is CCCCCCC(Cc1ccc(C(=O)NO)c(N)c1CN1CCN(C)CC1)S(=O)(=O)c1ccc(OC)cc1. The van der Waals surface area contributed by atoms with Crippen molar-refractivity contribution in [3.8, 4) is 5.75 Å². The number of amides is 1. The third-order valence-corrected chi connectivity index (χ3v) is 9.64. The lowest BCUT2D eigenvalue weighted by Gasteiger charge is -2.33. The molecule has 210 valence electrons. The lowest BCUT2D eigenvalue weighted by atomic mass is 9.95. The van der Waals surface area contributed by atoms with Crippen LogP contribution in [-0.2, 0) is 22.8 Å². The third-order valence-electron chi connectivity index (χ3n) is 7.43. The van der Waals surface area contributed by atoms with E-state index in [1.165, 1.54) is 0 Å². The zero-order chi connectivity index (χ0) is 27.7. The number of likely N-dealkylation sites (N-methyl/N-ethyl adjacent to an activating group) is 1. The van der Waals surface area contributed by atoms with E-state index in [0.717, 1.165) is 63.0 Å². The molecule has 1 atom stereocenters. The predicted octanol–water partition coefficient (Wildman–Crippen LogP) is 3.50. The van der Waals surface area contributed by atoms with Crippen molar-refractivity contribution in [2.45, 2.75) is 62.1 Å². The predicted molar refractivity (Wildman–Crippen MR) is 149 cm³/mol. The van der Waals surface area contributed by atoms with Crippen molar-refractivity contribution in [1.29, 1.82) is 0 Å². The minimum absolute atomic E-state index is 0.179. The molecule has 4 N–H and O–H groups in total. The van der Waals surface area contributed by atoms with Gasteiger partial charge in [0, 0.05) is 38.4 Å². The van der Waals surface area contributed by atoms with Gasteiger partial charge in [0.2, 0.25) is 0 Å². The van der Waals surface area contributed by atoms with Gasteiger partial charge in [-0.2, -0.15) is 0 Å². The van der Waals surface area contributed by atoms with E-state index in [2.05, 4.69) is 23.8 Å². The average molecular weight is 547 g/mol. The van der Waals surface area contributed by atoms with Gasteiger partial charge in [-0.3, -0.25) is 14.9 Å². The standard InChI is InChI=1S/C28H42N4O5S/c1-4-5-6-7-8-24(38(35,36)23-12-10-22(37-3)11-13-23)19-21-9-14-25(28(33)30-34)27(29)26(21)20-32-17-15-31(2)16-18-32/h9-14,24,34H,4-8,15-20,29H2,1-3H3,(H,30,33). The number of hydroxylamine groups is 1. The Hall–Kier alpha value is -2.66. The number of nitrogens with zero attached hydrogens (tertiary/aromatic N) is 2. The van der Waals surface area contributed by atoms with Crippen LogP contribution in [0.25, 0.3) is 0 Å². The number of nitrogens with two attached hydrogens (primary N) is 1. The molecule has 2 aromatic rings. The van der Waals surface area contributed by atoms with Crippen LogP contribution in [0.15, 0.2) is 41.3 Å². The van der Waals surface area contributed by atoms with Crippen molar-refractivity contribution >= 4 is 21.4 Å². The van der Waals surface area contributed by atoms with E-state index in [1.807, 2.05) is 0 Å². The normalized spacial score (nSPS) is 15.8. The molecule has 2 aromatic carbocycles. The first-order chi connectivity index (χ1) is 18.2. The quantitative estimate of drug-likeness (QED) is 0.151. The average Bonchev–Trinajstić information content (AvgIpc) is 2.92. The molecular formula is C28H42N4O5S. The van der Waals surface area contributed by atoms with Crippen LogP contribution in [0.4, 0.5) is 5.69 Å². The molecule has 1 unspecified atom stereocenters. The Labute approximate surface area is 226 Å². The number of unbranched alkanes of at least 4 members (excludes halogenated alkanes) is 3. The summed E-state index contributed by atoms with van der Waals surface area (Å²) < 4.78 is 32.9. The number of carbonyl (C=O) groups is 1. The second-order valence-corrected chi connectivity index (χ2v) is 12.3. The second kappa shape index (κ2) is 13.9. The van der Waals surface area contributed by atoms with Gasteiger partial charge in [-0.25, -0.2) is 13.9 Å². The van der Waals surface area contributed by atoms with Gasteiger partial charge < -0.3 is 15.4 Å². The number of piperazine rings is 1. The summed E-state index contributed by atoms with van der Waals surface area (Å²) in [6, 6.07) is 9.88. The third kappa shape index (κ3) is 7.47. The summed E-state index contributed by atoms with van der Waals surface area (Å²) in [5.41, 5.74) is 10.2. The fourth-order valence-electron chi connectivity index (χ4n) is 4.94. The summed E-state index contributed by atoms with van der Waals surface area (Å²) in [6.45, 7) is 6.15. The first-order valence-electron chi connectivity index (χ1n) is 13.3. The van der Waals surface area contributed by atoms with Gasteiger partial charge in [0.25, 0.3) is 5.91 Å². The van der Waals surface area contributed by atoms with Gasteiger partial charge in [0.15, 0.2) is 9.84 Å². The highest BCUT2D eigenvalue weighted by Crippen LogP contribution is 2.30. The monoisotopic (exact) mass is 546 g/mol. The maximum Gasteiger partial charge on any atom is 0.276 e. The van der Waals surface area contributed by atoms with Crippen LogP contribution in [0.2, 0.25) is 0 Å². The van der Waals surface area contributed by atoms with Gasteiger partial charge >= 0.3 is 0 Å². The Morgan fingerprint density at radius 2 is 1.76 bits per heavy atom. The van der Waals surface area contributed by atoms with Crippen molar-refractivity contribution in [3.63, 3.8) is 0 Å². The second-order valence-electron chi connectivity index (χ2n) is 10.1. The molecule has 1 saturated heterocycles. The number of anilines is 1. The summed E-state index contributed by atoms with van der Waals surface area (Å²) >= 11 is 0. The van der Waals surface area contributed by atoms with E-state index in [0.29, 0.717) is 18.7 Å². The molecule has 10 heteroatoms. The number of hydrogen-bond donors (Lipinski definition) is 3. The minimum Gasteiger partial charge on any atom is -0.497 e. The van der Waals surface area contributed by atoms with Crippen molar-refractivity contribution in [2.24, 2.45) is 0 Å². The fraction of sp³-hybridized carbons (Fsp3) is 0.536. The van der Waals surface area contributed by atoms with Gasteiger partial charge in [0.1, 0.15) is 5.75 Å². The lowest BCUT2D eigenvalue weighted by molar-refractivity contribution is 0.0707. The van der Waals surface area contributed by atoms with Crippen molar-refractivity contribution in [3.05, 3.63) is 53.1 Å². The number of ether oxygens (including phenoxy) is 1. The first-order valence-corrected chi connectivity index (χ1v) is 14.9. The molecule has 0 saturated carbocycles. The molecule has 3 rings (SSSR count). The number of nitrogens with one attached hydrogen (secondary N) is 1. The highest BCUT2D eigenvalue weighted by molar-refractivity contribution is 7.92. The van der Waals surface area contributed by atoms with Crippen LogP contribution in [-0.4, -0.2) is 74.9 Å². The Kier molecular flexibility index (Phi) is 11.0. The molecule has 0 spiro atoms. The van der Waals surface area contributed by atoms with E-state index in [1.54, 1.807) is 49.0 Å². The molecule has 1 heterocycles. The number of methoxy groups -OCH3 is 1. The Morgan fingerprint density at radius 3 is 2.37 bits per heavy atom. The maximum absolute atomic E-state index is 13.9. The number of rotatable bonds is 13. The molecule has 0 bridgehead atoms. The molecule has 9 nitrogen and oxygen atoms in total. The number of carbonyl (C=O) groups excluding carboxylic acids is 1. The zero-order valence-electron chi connectivity index (χ0n) is 22.8. The van der Waals surface area contributed by atoms with E-state index >= 15 is 0 Å². The Bertz CT molecular complexity index is 1160. The highest BCUT2D eigenvalue weighted by atomic mass is 32.2. The number of nitrogen functional groups attached to an aromatic ring is 1. The molecule has 1 aliphatic rings. The van der Waals surface area contributed by atoms with Crippen molar-refractivity contribution < 1.29 is 23.2 Å². The van der Waals surface area contributed by atoms with Crippen LogP contribution in [0.3, 0.4) is 0 Å². The summed E-state index contributed by atoms with van der Waals surface area (Å²) in [6.07, 6.45) is 4.72. The van der Waals surface area contributed by atoms with Crippen LogP contribution >= 0.6 is 0 Å². The highest BCUT2D eigenvalue weighted by Gasteiger charge is 2.30. The van der Waals surface area contributed by atoms with Crippen molar-refractivity contribution in [1.82, 2.24) is 15.3 Å².